The Morgan fingerprint density at radius 2 is 2.00 bits per heavy atom. The van der Waals surface area contributed by atoms with Crippen molar-refractivity contribution in [2.45, 2.75) is 13.8 Å². The number of hydrogen-bond acceptors (Lipinski definition) is 4. The molecule has 98 valence electrons. The Morgan fingerprint density at radius 1 is 1.28 bits per heavy atom. The Morgan fingerprint density at radius 3 is 2.72 bits per heavy atom. The topological polar surface area (TPSA) is 50.8 Å². The number of likely N-dealkylation sites (N-methyl/N-ethyl adjacent to an activating group) is 1. The zero-order valence-corrected chi connectivity index (χ0v) is 10.7. The van der Waals surface area contributed by atoms with Gasteiger partial charge in [-0.3, -0.25) is 9.69 Å². The van der Waals surface area contributed by atoms with Crippen LogP contribution in [0.3, 0.4) is 0 Å². The second-order valence-electron chi connectivity index (χ2n) is 4.08. The molecule has 0 atom stereocenters. The monoisotopic (exact) mass is 250 g/mol. The highest BCUT2D eigenvalue weighted by Gasteiger charge is 2.14. The van der Waals surface area contributed by atoms with Crippen molar-refractivity contribution >= 4 is 11.6 Å². The maximum atomic E-state index is 11.8. The number of hydrogen-bond donors (Lipinski definition) is 1. The van der Waals surface area contributed by atoms with Crippen LogP contribution in [0.25, 0.3) is 0 Å². The summed E-state index contributed by atoms with van der Waals surface area (Å²) in [5.41, 5.74) is 0.733. The first kappa shape index (κ1) is 12.7. The van der Waals surface area contributed by atoms with E-state index in [0.717, 1.165) is 24.5 Å². The Kier molecular flexibility index (Phi) is 4.04. The highest BCUT2D eigenvalue weighted by Crippen LogP contribution is 2.34. The van der Waals surface area contributed by atoms with Crippen molar-refractivity contribution in [3.8, 4) is 11.5 Å². The minimum absolute atomic E-state index is 0.0161. The van der Waals surface area contributed by atoms with Gasteiger partial charge in [-0.15, -0.1) is 0 Å². The van der Waals surface area contributed by atoms with Gasteiger partial charge in [0.2, 0.25) is 12.7 Å². The Balaban J connectivity index is 1.95. The van der Waals surface area contributed by atoms with E-state index in [4.69, 9.17) is 9.47 Å². The fourth-order valence-corrected chi connectivity index (χ4v) is 1.83. The molecule has 2 rings (SSSR count). The number of fused-ring (bicyclic) bond motifs is 1. The normalized spacial score (nSPS) is 12.8. The number of ether oxygens (including phenoxy) is 2. The van der Waals surface area contributed by atoms with E-state index < -0.39 is 0 Å². The number of rotatable bonds is 5. The van der Waals surface area contributed by atoms with Gasteiger partial charge in [0.1, 0.15) is 0 Å². The lowest BCUT2D eigenvalue weighted by Crippen LogP contribution is -2.32. The third-order valence-corrected chi connectivity index (χ3v) is 2.92. The molecule has 1 amide bonds. The van der Waals surface area contributed by atoms with Crippen molar-refractivity contribution in [1.29, 1.82) is 0 Å². The number of anilines is 1. The molecule has 0 aromatic heterocycles. The van der Waals surface area contributed by atoms with Crippen molar-refractivity contribution in [2.75, 3.05) is 31.7 Å². The van der Waals surface area contributed by atoms with Gasteiger partial charge in [-0.2, -0.15) is 0 Å². The highest BCUT2D eigenvalue weighted by molar-refractivity contribution is 5.92. The standard InChI is InChI=1S/C13H18N2O3/c1-3-15(4-2)8-13(16)14-10-5-6-11-12(7-10)18-9-17-11/h5-7H,3-4,8-9H2,1-2H3,(H,14,16). The van der Waals surface area contributed by atoms with E-state index in [1.54, 1.807) is 12.1 Å². The molecule has 0 fully saturated rings. The van der Waals surface area contributed by atoms with Gasteiger partial charge in [0.15, 0.2) is 11.5 Å². The minimum atomic E-state index is -0.0161. The summed E-state index contributed by atoms with van der Waals surface area (Å²) >= 11 is 0. The van der Waals surface area contributed by atoms with Crippen LogP contribution in [0.15, 0.2) is 18.2 Å². The summed E-state index contributed by atoms with van der Waals surface area (Å²) < 4.78 is 10.5. The van der Waals surface area contributed by atoms with Gasteiger partial charge in [0, 0.05) is 11.8 Å². The van der Waals surface area contributed by atoms with Crippen molar-refractivity contribution < 1.29 is 14.3 Å². The van der Waals surface area contributed by atoms with Crippen LogP contribution in [0, 0.1) is 0 Å². The second-order valence-corrected chi connectivity index (χ2v) is 4.08. The van der Waals surface area contributed by atoms with Gasteiger partial charge in [-0.05, 0) is 25.2 Å². The van der Waals surface area contributed by atoms with Crippen LogP contribution in [-0.4, -0.2) is 37.2 Å². The molecule has 0 saturated carbocycles. The van der Waals surface area contributed by atoms with E-state index in [1.165, 1.54) is 0 Å². The molecule has 1 aliphatic heterocycles. The molecule has 5 heteroatoms. The summed E-state index contributed by atoms with van der Waals surface area (Å²) in [6.07, 6.45) is 0. The average molecular weight is 250 g/mol. The Labute approximate surface area is 107 Å². The molecule has 1 aromatic carbocycles. The maximum Gasteiger partial charge on any atom is 0.238 e. The third-order valence-electron chi connectivity index (χ3n) is 2.92. The lowest BCUT2D eigenvalue weighted by Gasteiger charge is -2.17. The first-order chi connectivity index (χ1) is 8.72. The summed E-state index contributed by atoms with van der Waals surface area (Å²) in [4.78, 5) is 13.9. The summed E-state index contributed by atoms with van der Waals surface area (Å²) in [7, 11) is 0. The zero-order chi connectivity index (χ0) is 13.0. The molecule has 0 aliphatic carbocycles. The van der Waals surface area contributed by atoms with Crippen LogP contribution in [0.4, 0.5) is 5.69 Å². The molecule has 0 saturated heterocycles. The fourth-order valence-electron chi connectivity index (χ4n) is 1.83. The second kappa shape index (κ2) is 5.73. The molecular weight excluding hydrogens is 232 g/mol. The third kappa shape index (κ3) is 2.92. The van der Waals surface area contributed by atoms with Gasteiger partial charge >= 0.3 is 0 Å². The number of amides is 1. The first-order valence-corrected chi connectivity index (χ1v) is 6.14. The number of nitrogens with zero attached hydrogens (tertiary/aromatic N) is 1. The molecule has 5 nitrogen and oxygen atoms in total. The number of benzene rings is 1. The van der Waals surface area contributed by atoms with Crippen LogP contribution < -0.4 is 14.8 Å². The maximum absolute atomic E-state index is 11.8. The van der Waals surface area contributed by atoms with Gasteiger partial charge in [0.25, 0.3) is 0 Å². The molecule has 1 aromatic rings. The van der Waals surface area contributed by atoms with Gasteiger partial charge in [-0.25, -0.2) is 0 Å². The van der Waals surface area contributed by atoms with Crippen LogP contribution in [-0.2, 0) is 4.79 Å². The molecule has 0 spiro atoms. The number of carbonyl (C=O) groups excluding carboxylic acids is 1. The van der Waals surface area contributed by atoms with Gasteiger partial charge in [0.05, 0.1) is 6.54 Å². The average Bonchev–Trinajstić information content (AvgIpc) is 2.83. The number of carbonyl (C=O) groups is 1. The van der Waals surface area contributed by atoms with Crippen molar-refractivity contribution in [3.63, 3.8) is 0 Å². The van der Waals surface area contributed by atoms with Gasteiger partial charge < -0.3 is 14.8 Å². The highest BCUT2D eigenvalue weighted by atomic mass is 16.7. The smallest absolute Gasteiger partial charge is 0.238 e. The van der Waals surface area contributed by atoms with Gasteiger partial charge in [-0.1, -0.05) is 13.8 Å². The summed E-state index contributed by atoms with van der Waals surface area (Å²) in [6, 6.07) is 5.39. The van der Waals surface area contributed by atoms with Crippen LogP contribution in [0.1, 0.15) is 13.8 Å². The molecule has 1 aliphatic rings. The van der Waals surface area contributed by atoms with Crippen LogP contribution >= 0.6 is 0 Å². The van der Waals surface area contributed by atoms with E-state index in [2.05, 4.69) is 10.2 Å². The summed E-state index contributed by atoms with van der Waals surface area (Å²) in [5, 5.41) is 2.85. The molecule has 1 N–H and O–H groups in total. The van der Waals surface area contributed by atoms with E-state index >= 15 is 0 Å². The van der Waals surface area contributed by atoms with Crippen LogP contribution in [0.5, 0.6) is 11.5 Å². The van der Waals surface area contributed by atoms with Crippen molar-refractivity contribution in [1.82, 2.24) is 4.90 Å². The quantitative estimate of drug-likeness (QED) is 0.864. The largest absolute Gasteiger partial charge is 0.454 e. The molecule has 0 bridgehead atoms. The van der Waals surface area contributed by atoms with E-state index in [0.29, 0.717) is 12.3 Å². The lowest BCUT2D eigenvalue weighted by atomic mass is 10.2. The van der Waals surface area contributed by atoms with Crippen molar-refractivity contribution in [3.05, 3.63) is 18.2 Å². The zero-order valence-electron chi connectivity index (χ0n) is 10.7. The molecule has 18 heavy (non-hydrogen) atoms. The van der Waals surface area contributed by atoms with E-state index in [-0.39, 0.29) is 12.7 Å². The minimum Gasteiger partial charge on any atom is -0.454 e. The Hall–Kier alpha value is -1.75. The van der Waals surface area contributed by atoms with Crippen molar-refractivity contribution in [2.24, 2.45) is 0 Å². The predicted octanol–water partition coefficient (Wildman–Crippen LogP) is 1.70. The molecule has 1 heterocycles. The molecule has 0 radical (unpaired) electrons. The Bertz CT molecular complexity index is 430. The van der Waals surface area contributed by atoms with Crippen LogP contribution in [0.2, 0.25) is 0 Å². The van der Waals surface area contributed by atoms with E-state index in [9.17, 15) is 4.79 Å². The summed E-state index contributed by atoms with van der Waals surface area (Å²) in [5.74, 6) is 1.38. The summed E-state index contributed by atoms with van der Waals surface area (Å²) in [6.45, 7) is 6.46. The number of nitrogens with one attached hydrogen (secondary N) is 1. The molecular formula is C13H18N2O3. The van der Waals surface area contributed by atoms with E-state index in [1.807, 2.05) is 19.9 Å². The molecule has 0 unspecified atom stereocenters. The lowest BCUT2D eigenvalue weighted by molar-refractivity contribution is -0.117. The SMILES string of the molecule is CCN(CC)CC(=O)Nc1ccc2c(c1)OCO2. The predicted molar refractivity (Wildman–Crippen MR) is 69.0 cm³/mol. The fraction of sp³-hybridized carbons (Fsp3) is 0.462. The first-order valence-electron chi connectivity index (χ1n) is 6.14.